The molecule has 0 saturated carbocycles. The maximum absolute atomic E-state index is 14.9. The molecule has 40 heavy (non-hydrogen) atoms. The minimum Gasteiger partial charge on any atom is -0.497 e. The molecule has 3 aliphatic rings. The second kappa shape index (κ2) is 10.3. The van der Waals surface area contributed by atoms with Gasteiger partial charge in [0.2, 0.25) is 11.8 Å². The second-order valence-corrected chi connectivity index (χ2v) is 11.0. The molecular formula is C31H25Cl2FN2O4. The van der Waals surface area contributed by atoms with Crippen molar-refractivity contribution < 1.29 is 23.5 Å². The highest BCUT2D eigenvalue weighted by Gasteiger charge is 2.62. The van der Waals surface area contributed by atoms with Crippen molar-refractivity contribution in [1.82, 2.24) is 5.32 Å². The molecule has 1 unspecified atom stereocenters. The highest BCUT2D eigenvalue weighted by atomic mass is 35.5. The lowest BCUT2D eigenvalue weighted by Crippen LogP contribution is -2.59. The van der Waals surface area contributed by atoms with Gasteiger partial charge in [-0.15, -0.1) is 0 Å². The summed E-state index contributed by atoms with van der Waals surface area (Å²) in [6.45, 7) is 0. The number of piperidine rings is 1. The number of carbonyl (C=O) groups excluding carboxylic acids is 2. The lowest BCUT2D eigenvalue weighted by atomic mass is 9.57. The molecule has 1 saturated heterocycles. The van der Waals surface area contributed by atoms with Gasteiger partial charge in [-0.25, -0.2) is 4.39 Å². The summed E-state index contributed by atoms with van der Waals surface area (Å²) in [4.78, 5) is 27.6. The number of rotatable bonds is 5. The fraction of sp³-hybridized carbons (Fsp3) is 0.226. The van der Waals surface area contributed by atoms with E-state index in [1.54, 1.807) is 55.7 Å². The van der Waals surface area contributed by atoms with Gasteiger partial charge in [0.25, 0.3) is 0 Å². The molecule has 6 nitrogen and oxygen atoms in total. The highest BCUT2D eigenvalue weighted by Crippen LogP contribution is 2.58. The molecule has 0 aromatic heterocycles. The Morgan fingerprint density at radius 1 is 1.00 bits per heavy atom. The normalized spacial score (nSPS) is 25.2. The second-order valence-electron chi connectivity index (χ2n) is 10.1. The third-order valence-corrected chi connectivity index (χ3v) is 8.43. The largest absolute Gasteiger partial charge is 0.497 e. The van der Waals surface area contributed by atoms with Crippen LogP contribution in [0.25, 0.3) is 0 Å². The van der Waals surface area contributed by atoms with Gasteiger partial charge in [0, 0.05) is 27.7 Å². The van der Waals surface area contributed by atoms with Crippen LogP contribution in [0.1, 0.15) is 30.0 Å². The molecule has 1 spiro atoms. The minimum absolute atomic E-state index is 0.0785. The van der Waals surface area contributed by atoms with E-state index >= 15 is 0 Å². The van der Waals surface area contributed by atoms with Crippen molar-refractivity contribution in [1.29, 1.82) is 0 Å². The smallest absolute Gasteiger partial charge is 0.237 e. The number of anilines is 1. The van der Waals surface area contributed by atoms with Crippen molar-refractivity contribution in [2.45, 2.75) is 24.3 Å². The molecular weight excluding hydrogens is 554 g/mol. The van der Waals surface area contributed by atoms with E-state index in [2.05, 4.69) is 10.6 Å². The topological polar surface area (TPSA) is 76.7 Å². The van der Waals surface area contributed by atoms with Crippen LogP contribution in [0.4, 0.5) is 10.1 Å². The summed E-state index contributed by atoms with van der Waals surface area (Å²) in [5.74, 6) is -0.364. The molecule has 3 aromatic rings. The van der Waals surface area contributed by atoms with Crippen LogP contribution in [0, 0.1) is 17.7 Å². The van der Waals surface area contributed by atoms with Crippen LogP contribution in [0.5, 0.6) is 17.2 Å². The lowest BCUT2D eigenvalue weighted by molar-refractivity contribution is -0.135. The molecule has 204 valence electrons. The maximum atomic E-state index is 14.9. The quantitative estimate of drug-likeness (QED) is 0.340. The van der Waals surface area contributed by atoms with Crippen LogP contribution in [0.15, 0.2) is 83.9 Å². The van der Waals surface area contributed by atoms with Crippen LogP contribution in [-0.4, -0.2) is 18.9 Å². The van der Waals surface area contributed by atoms with E-state index in [4.69, 9.17) is 32.7 Å². The number of amides is 2. The van der Waals surface area contributed by atoms with E-state index in [0.717, 1.165) is 0 Å². The van der Waals surface area contributed by atoms with Crippen molar-refractivity contribution >= 4 is 40.7 Å². The number of hydrogen-bond donors (Lipinski definition) is 2. The Balaban J connectivity index is 1.55. The molecule has 2 aliphatic heterocycles. The zero-order valence-corrected chi connectivity index (χ0v) is 22.9. The predicted octanol–water partition coefficient (Wildman–Crippen LogP) is 7.05. The first-order valence-electron chi connectivity index (χ1n) is 12.9. The molecule has 3 aromatic carbocycles. The summed E-state index contributed by atoms with van der Waals surface area (Å²) in [5, 5.41) is 7.03. The number of hydrogen-bond acceptors (Lipinski definition) is 4. The number of nitrogens with one attached hydrogen (secondary N) is 2. The number of benzene rings is 3. The number of methoxy groups -OCH3 is 1. The number of ether oxygens (including phenoxy) is 2. The summed E-state index contributed by atoms with van der Waals surface area (Å²) in [6.07, 6.45) is 6.32. The molecule has 9 heteroatoms. The minimum atomic E-state index is -1.30. The van der Waals surface area contributed by atoms with Gasteiger partial charge in [-0.3, -0.25) is 9.59 Å². The number of carbonyl (C=O) groups is 2. The number of allylic oxidation sites excluding steroid dienone is 4. The third-order valence-electron chi connectivity index (χ3n) is 7.95. The zero-order chi connectivity index (χ0) is 28.0. The van der Waals surface area contributed by atoms with Crippen LogP contribution >= 0.6 is 23.2 Å². The Labute approximate surface area is 240 Å². The Morgan fingerprint density at radius 3 is 2.52 bits per heavy atom. The summed E-state index contributed by atoms with van der Waals surface area (Å²) < 4.78 is 26.4. The van der Waals surface area contributed by atoms with Gasteiger partial charge in [0.1, 0.15) is 28.5 Å². The standard InChI is InChI=1S/C31H25Cl2FN2O4/c1-39-21-7-9-22(10-8-21)40-27-12-6-20(34)15-23(27)29-31(24-11-5-19(33)14-26(24)35-30(31)38)25(16-28(37)36-29)17-3-2-4-18(32)13-17/h2,4-15,17,25,29H,3,16H2,1H3,(H,35,38)(H,36,37)/t17?,25-,29+,31-/m0/s1. The van der Waals surface area contributed by atoms with Crippen molar-refractivity contribution in [3.8, 4) is 17.2 Å². The molecule has 1 aliphatic carbocycles. The van der Waals surface area contributed by atoms with Crippen molar-refractivity contribution in [3.63, 3.8) is 0 Å². The predicted molar refractivity (Wildman–Crippen MR) is 151 cm³/mol. The molecule has 2 amide bonds. The maximum Gasteiger partial charge on any atom is 0.237 e. The van der Waals surface area contributed by atoms with E-state index in [0.29, 0.717) is 50.5 Å². The average molecular weight is 579 g/mol. The molecule has 0 radical (unpaired) electrons. The monoisotopic (exact) mass is 578 g/mol. The Kier molecular flexibility index (Phi) is 6.80. The van der Waals surface area contributed by atoms with Crippen molar-refractivity contribution in [2.75, 3.05) is 12.4 Å². The van der Waals surface area contributed by atoms with E-state index in [-0.39, 0.29) is 24.2 Å². The van der Waals surface area contributed by atoms with E-state index in [1.165, 1.54) is 18.2 Å². The number of fused-ring (bicyclic) bond motifs is 2. The molecule has 2 N–H and O–H groups in total. The van der Waals surface area contributed by atoms with Gasteiger partial charge in [-0.2, -0.15) is 0 Å². The van der Waals surface area contributed by atoms with Crippen LogP contribution in [0.3, 0.4) is 0 Å². The first-order valence-corrected chi connectivity index (χ1v) is 13.6. The average Bonchev–Trinajstić information content (AvgIpc) is 3.22. The highest BCUT2D eigenvalue weighted by molar-refractivity contribution is 6.31. The van der Waals surface area contributed by atoms with Gasteiger partial charge in [0.05, 0.1) is 13.2 Å². The SMILES string of the molecule is COc1ccc(Oc2ccc(F)cc2[C@H]2NC(=O)C[C@@H](C3C=C(Cl)C=CC3)[C@]23C(=O)Nc2cc(Cl)ccc23)cc1. The van der Waals surface area contributed by atoms with Gasteiger partial charge < -0.3 is 20.1 Å². The van der Waals surface area contributed by atoms with Gasteiger partial charge >= 0.3 is 0 Å². The first kappa shape index (κ1) is 26.4. The van der Waals surface area contributed by atoms with E-state index < -0.39 is 23.2 Å². The van der Waals surface area contributed by atoms with Crippen LogP contribution in [0.2, 0.25) is 5.02 Å². The Morgan fingerprint density at radius 2 is 1.77 bits per heavy atom. The molecule has 1 fully saturated rings. The van der Waals surface area contributed by atoms with E-state index in [1.807, 2.05) is 12.2 Å². The van der Waals surface area contributed by atoms with Gasteiger partial charge in [0.15, 0.2) is 0 Å². The Hall–Kier alpha value is -3.81. The summed E-state index contributed by atoms with van der Waals surface area (Å²) in [5.41, 5.74) is 0.270. The third kappa shape index (κ3) is 4.43. The van der Waals surface area contributed by atoms with Crippen LogP contribution < -0.4 is 20.1 Å². The van der Waals surface area contributed by atoms with Crippen LogP contribution in [-0.2, 0) is 15.0 Å². The molecule has 0 bridgehead atoms. The fourth-order valence-electron chi connectivity index (χ4n) is 6.26. The fourth-order valence-corrected chi connectivity index (χ4v) is 6.68. The zero-order valence-electron chi connectivity index (χ0n) is 21.4. The molecule has 2 heterocycles. The first-order chi connectivity index (χ1) is 19.3. The summed E-state index contributed by atoms with van der Waals surface area (Å²) >= 11 is 12.7. The van der Waals surface area contributed by atoms with E-state index in [9.17, 15) is 14.0 Å². The molecule has 6 rings (SSSR count). The number of halogens is 3. The van der Waals surface area contributed by atoms with Crippen molar-refractivity contribution in [3.05, 3.63) is 106 Å². The molecule has 4 atom stereocenters. The summed E-state index contributed by atoms with van der Waals surface area (Å²) in [6, 6.07) is 15.3. The summed E-state index contributed by atoms with van der Waals surface area (Å²) in [7, 11) is 1.57. The van der Waals surface area contributed by atoms with Crippen molar-refractivity contribution in [2.24, 2.45) is 11.8 Å². The Bertz CT molecular complexity index is 1570. The van der Waals surface area contributed by atoms with Gasteiger partial charge in [-0.1, -0.05) is 41.4 Å². The van der Waals surface area contributed by atoms with Gasteiger partial charge in [-0.05, 0) is 84.5 Å². The lowest BCUT2D eigenvalue weighted by Gasteiger charge is -2.48.